The third kappa shape index (κ3) is 3.56. The van der Waals surface area contributed by atoms with Crippen LogP contribution in [0.3, 0.4) is 0 Å². The van der Waals surface area contributed by atoms with E-state index in [9.17, 15) is 4.79 Å². The molecule has 0 saturated heterocycles. The molecule has 20 heavy (non-hydrogen) atoms. The summed E-state index contributed by atoms with van der Waals surface area (Å²) in [5.74, 6) is -0.337. The van der Waals surface area contributed by atoms with Crippen LogP contribution in [0.4, 0.5) is 0 Å². The molecule has 2 aromatic rings. The molecule has 0 fully saturated rings. The van der Waals surface area contributed by atoms with Crippen molar-refractivity contribution in [2.24, 2.45) is 5.10 Å². The highest BCUT2D eigenvalue weighted by atomic mass is 35.5. The Labute approximate surface area is 126 Å². The Hall–Kier alpha value is -1.91. The van der Waals surface area contributed by atoms with Crippen molar-refractivity contribution in [2.75, 3.05) is 0 Å². The lowest BCUT2D eigenvalue weighted by Crippen LogP contribution is -2.19. The highest BCUT2D eigenvalue weighted by molar-refractivity contribution is 6.36. The van der Waals surface area contributed by atoms with Gasteiger partial charge in [-0.15, -0.1) is 0 Å². The number of nitrogens with zero attached hydrogens (tertiary/aromatic N) is 2. The third-order valence-corrected chi connectivity index (χ3v) is 3.13. The SMILES string of the molecule is C/C(=N\NC(=O)c1cccnc1)c1cc(Cl)ccc1Cl. The molecule has 0 aliphatic heterocycles. The average molecular weight is 308 g/mol. The summed E-state index contributed by atoms with van der Waals surface area (Å²) in [6.07, 6.45) is 3.06. The molecule has 1 heterocycles. The molecular formula is C14H11Cl2N3O. The number of aromatic nitrogens is 1. The van der Waals surface area contributed by atoms with Gasteiger partial charge in [0.2, 0.25) is 0 Å². The Morgan fingerprint density at radius 2 is 2.10 bits per heavy atom. The molecule has 1 amide bonds. The van der Waals surface area contributed by atoms with E-state index in [0.29, 0.717) is 26.9 Å². The van der Waals surface area contributed by atoms with Gasteiger partial charge in [0, 0.05) is 28.0 Å². The van der Waals surface area contributed by atoms with Crippen molar-refractivity contribution in [3.05, 3.63) is 63.9 Å². The number of hydrogen-bond donors (Lipinski definition) is 1. The number of carbonyl (C=O) groups excluding carboxylic acids is 1. The van der Waals surface area contributed by atoms with Crippen LogP contribution in [-0.2, 0) is 0 Å². The minimum absolute atomic E-state index is 0.337. The van der Waals surface area contributed by atoms with Crippen molar-refractivity contribution in [3.63, 3.8) is 0 Å². The molecule has 0 atom stereocenters. The highest BCUT2D eigenvalue weighted by Crippen LogP contribution is 2.21. The van der Waals surface area contributed by atoms with Crippen molar-refractivity contribution < 1.29 is 4.79 Å². The summed E-state index contributed by atoms with van der Waals surface area (Å²) >= 11 is 12.0. The zero-order valence-corrected chi connectivity index (χ0v) is 12.1. The summed E-state index contributed by atoms with van der Waals surface area (Å²) < 4.78 is 0. The first kappa shape index (κ1) is 14.5. The fraction of sp³-hybridized carbons (Fsp3) is 0.0714. The number of hydrogen-bond acceptors (Lipinski definition) is 3. The zero-order valence-electron chi connectivity index (χ0n) is 10.6. The smallest absolute Gasteiger partial charge is 0.267 e. The average Bonchev–Trinajstić information content (AvgIpc) is 2.47. The normalized spacial score (nSPS) is 11.2. The van der Waals surface area contributed by atoms with E-state index < -0.39 is 0 Å². The topological polar surface area (TPSA) is 54.4 Å². The minimum Gasteiger partial charge on any atom is -0.267 e. The molecule has 0 aliphatic rings. The molecule has 102 valence electrons. The number of benzene rings is 1. The first-order valence-electron chi connectivity index (χ1n) is 5.78. The second-order valence-corrected chi connectivity index (χ2v) is 4.85. The standard InChI is InChI=1S/C14H11Cl2N3O/c1-9(12-7-11(15)4-5-13(12)16)18-19-14(20)10-3-2-6-17-8-10/h2-8H,1H3,(H,19,20)/b18-9+. The number of halogens is 2. The van der Waals surface area contributed by atoms with Crippen LogP contribution in [0.1, 0.15) is 22.8 Å². The molecule has 0 unspecified atom stereocenters. The first-order valence-corrected chi connectivity index (χ1v) is 6.53. The predicted octanol–water partition coefficient (Wildman–Crippen LogP) is 3.54. The second kappa shape index (κ2) is 6.50. The van der Waals surface area contributed by atoms with E-state index in [-0.39, 0.29) is 5.91 Å². The maximum atomic E-state index is 11.8. The third-order valence-electron chi connectivity index (χ3n) is 2.57. The van der Waals surface area contributed by atoms with E-state index in [1.165, 1.54) is 6.20 Å². The number of rotatable bonds is 3. The number of carbonyl (C=O) groups is 1. The largest absolute Gasteiger partial charge is 0.272 e. The van der Waals surface area contributed by atoms with Crippen LogP contribution in [0.5, 0.6) is 0 Å². The van der Waals surface area contributed by atoms with Crippen molar-refractivity contribution >= 4 is 34.8 Å². The lowest BCUT2D eigenvalue weighted by molar-refractivity contribution is 0.0954. The lowest BCUT2D eigenvalue weighted by atomic mass is 10.1. The summed E-state index contributed by atoms with van der Waals surface area (Å²) in [7, 11) is 0. The zero-order chi connectivity index (χ0) is 14.5. The Kier molecular flexibility index (Phi) is 4.71. The highest BCUT2D eigenvalue weighted by Gasteiger charge is 2.07. The van der Waals surface area contributed by atoms with Crippen LogP contribution >= 0.6 is 23.2 Å². The number of hydrazone groups is 1. The fourth-order valence-corrected chi connectivity index (χ4v) is 1.96. The van der Waals surface area contributed by atoms with Crippen LogP contribution in [0.15, 0.2) is 47.8 Å². The van der Waals surface area contributed by atoms with Gasteiger partial charge in [-0.05, 0) is 37.3 Å². The van der Waals surface area contributed by atoms with Crippen LogP contribution in [-0.4, -0.2) is 16.6 Å². The summed E-state index contributed by atoms with van der Waals surface area (Å²) in [4.78, 5) is 15.7. The molecule has 1 aromatic heterocycles. The summed E-state index contributed by atoms with van der Waals surface area (Å²) in [6, 6.07) is 8.40. The Balaban J connectivity index is 2.15. The quantitative estimate of drug-likeness (QED) is 0.696. The van der Waals surface area contributed by atoms with E-state index in [4.69, 9.17) is 23.2 Å². The number of nitrogens with one attached hydrogen (secondary N) is 1. The molecule has 0 bridgehead atoms. The van der Waals surface area contributed by atoms with Gasteiger partial charge < -0.3 is 0 Å². The van der Waals surface area contributed by atoms with E-state index in [0.717, 1.165) is 0 Å². The maximum absolute atomic E-state index is 11.8. The summed E-state index contributed by atoms with van der Waals surface area (Å²) in [5.41, 5.74) is 4.12. The van der Waals surface area contributed by atoms with Crippen LogP contribution in [0.25, 0.3) is 0 Å². The molecule has 0 saturated carbocycles. The molecule has 1 aromatic carbocycles. The lowest BCUT2D eigenvalue weighted by Gasteiger charge is -2.05. The van der Waals surface area contributed by atoms with E-state index >= 15 is 0 Å². The molecule has 0 aliphatic carbocycles. The first-order chi connectivity index (χ1) is 9.58. The molecule has 0 spiro atoms. The predicted molar refractivity (Wildman–Crippen MR) is 80.4 cm³/mol. The summed E-state index contributed by atoms with van der Waals surface area (Å²) in [5, 5.41) is 5.09. The molecular weight excluding hydrogens is 297 g/mol. The van der Waals surface area contributed by atoms with Crippen LogP contribution < -0.4 is 5.43 Å². The van der Waals surface area contributed by atoms with Crippen LogP contribution in [0.2, 0.25) is 10.0 Å². The maximum Gasteiger partial charge on any atom is 0.272 e. The van der Waals surface area contributed by atoms with Gasteiger partial charge in [-0.2, -0.15) is 5.10 Å². The monoisotopic (exact) mass is 307 g/mol. The number of pyridine rings is 1. The van der Waals surface area contributed by atoms with E-state index in [1.54, 1.807) is 43.5 Å². The van der Waals surface area contributed by atoms with Crippen molar-refractivity contribution in [1.82, 2.24) is 10.4 Å². The Morgan fingerprint density at radius 3 is 2.80 bits per heavy atom. The van der Waals surface area contributed by atoms with Gasteiger partial charge in [0.1, 0.15) is 0 Å². The van der Waals surface area contributed by atoms with E-state index in [2.05, 4.69) is 15.5 Å². The van der Waals surface area contributed by atoms with Crippen molar-refractivity contribution in [1.29, 1.82) is 0 Å². The van der Waals surface area contributed by atoms with Gasteiger partial charge in [0.15, 0.2) is 0 Å². The van der Waals surface area contributed by atoms with Crippen LogP contribution in [0, 0.1) is 0 Å². The van der Waals surface area contributed by atoms with Gasteiger partial charge in [-0.3, -0.25) is 9.78 Å². The minimum atomic E-state index is -0.337. The van der Waals surface area contributed by atoms with Gasteiger partial charge >= 0.3 is 0 Å². The molecule has 1 N–H and O–H groups in total. The van der Waals surface area contributed by atoms with Gasteiger partial charge in [-0.25, -0.2) is 5.43 Å². The second-order valence-electron chi connectivity index (χ2n) is 4.00. The molecule has 0 radical (unpaired) electrons. The summed E-state index contributed by atoms with van der Waals surface area (Å²) in [6.45, 7) is 1.74. The molecule has 4 nitrogen and oxygen atoms in total. The number of amides is 1. The van der Waals surface area contributed by atoms with Gasteiger partial charge in [-0.1, -0.05) is 23.2 Å². The Morgan fingerprint density at radius 1 is 1.30 bits per heavy atom. The molecule has 6 heteroatoms. The van der Waals surface area contributed by atoms with Crippen molar-refractivity contribution in [2.45, 2.75) is 6.92 Å². The van der Waals surface area contributed by atoms with Gasteiger partial charge in [0.25, 0.3) is 5.91 Å². The van der Waals surface area contributed by atoms with Crippen molar-refractivity contribution in [3.8, 4) is 0 Å². The fourth-order valence-electron chi connectivity index (χ4n) is 1.53. The van der Waals surface area contributed by atoms with Gasteiger partial charge in [0.05, 0.1) is 11.3 Å². The van der Waals surface area contributed by atoms with E-state index in [1.807, 2.05) is 0 Å². The Bertz CT molecular complexity index is 657. The molecule has 2 rings (SSSR count).